The summed E-state index contributed by atoms with van der Waals surface area (Å²) in [4.78, 5) is 8.22. The Hall–Kier alpha value is -2.07. The van der Waals surface area contributed by atoms with E-state index >= 15 is 0 Å². The number of benzene rings is 1. The van der Waals surface area contributed by atoms with E-state index in [1.54, 1.807) is 18.3 Å². The van der Waals surface area contributed by atoms with Crippen LogP contribution in [0.2, 0.25) is 0 Å². The molecule has 0 spiro atoms. The average molecular weight is 262 g/mol. The van der Waals surface area contributed by atoms with E-state index in [9.17, 15) is 0 Å². The minimum absolute atomic E-state index is 0.200. The molecule has 2 N–H and O–H groups in total. The fraction of sp³-hybridized carbons (Fsp3) is 0.0769. The minimum atomic E-state index is 0.200. The number of halogens is 1. The molecule has 92 valence electrons. The van der Waals surface area contributed by atoms with Gasteiger partial charge in [-0.1, -0.05) is 12.1 Å². The first-order valence-corrected chi connectivity index (χ1v) is 5.89. The van der Waals surface area contributed by atoms with Crippen molar-refractivity contribution in [2.24, 2.45) is 10.7 Å². The molecule has 0 fully saturated rings. The van der Waals surface area contributed by atoms with Crippen molar-refractivity contribution in [3.05, 3.63) is 48.7 Å². The molecule has 1 aromatic carbocycles. The SMILES string of the molecule is NC(CCl)=Nc1cccc(Oc2ccccn2)c1. The first-order valence-electron chi connectivity index (χ1n) is 5.36. The van der Waals surface area contributed by atoms with E-state index in [-0.39, 0.29) is 5.88 Å². The van der Waals surface area contributed by atoms with Crippen LogP contribution in [0.15, 0.2) is 53.7 Å². The molecule has 0 aliphatic rings. The van der Waals surface area contributed by atoms with Crippen molar-refractivity contribution in [2.45, 2.75) is 0 Å². The van der Waals surface area contributed by atoms with Crippen LogP contribution in [0.25, 0.3) is 0 Å². The number of ether oxygens (including phenoxy) is 1. The highest BCUT2D eigenvalue weighted by Gasteiger charge is 1.99. The van der Waals surface area contributed by atoms with Crippen LogP contribution in [0, 0.1) is 0 Å². The fourth-order valence-corrected chi connectivity index (χ4v) is 1.40. The van der Waals surface area contributed by atoms with Gasteiger partial charge in [0.1, 0.15) is 11.6 Å². The third kappa shape index (κ3) is 3.46. The smallest absolute Gasteiger partial charge is 0.219 e. The third-order valence-electron chi connectivity index (χ3n) is 2.09. The molecule has 0 atom stereocenters. The molecule has 0 amide bonds. The zero-order valence-corrected chi connectivity index (χ0v) is 10.3. The molecule has 0 saturated carbocycles. The van der Waals surface area contributed by atoms with Gasteiger partial charge in [-0.2, -0.15) is 0 Å². The Bertz CT molecular complexity index is 543. The zero-order valence-electron chi connectivity index (χ0n) is 9.58. The number of aromatic nitrogens is 1. The zero-order chi connectivity index (χ0) is 12.8. The van der Waals surface area contributed by atoms with Gasteiger partial charge in [-0.3, -0.25) is 0 Å². The predicted octanol–water partition coefficient (Wildman–Crippen LogP) is 3.10. The second kappa shape index (κ2) is 6.02. The number of nitrogens with zero attached hydrogens (tertiary/aromatic N) is 2. The maximum atomic E-state index is 5.58. The van der Waals surface area contributed by atoms with Crippen LogP contribution in [-0.2, 0) is 0 Å². The molecule has 1 aromatic heterocycles. The van der Waals surface area contributed by atoms with Gasteiger partial charge in [-0.25, -0.2) is 9.98 Å². The van der Waals surface area contributed by atoms with Crippen molar-refractivity contribution >= 4 is 23.1 Å². The summed E-state index contributed by atoms with van der Waals surface area (Å²) in [5, 5.41) is 0. The Morgan fingerprint density at radius 3 is 2.89 bits per heavy atom. The molecule has 1 heterocycles. The van der Waals surface area contributed by atoms with Crippen molar-refractivity contribution in [3.63, 3.8) is 0 Å². The minimum Gasteiger partial charge on any atom is -0.439 e. The number of amidine groups is 1. The molecule has 0 radical (unpaired) electrons. The second-order valence-electron chi connectivity index (χ2n) is 3.50. The van der Waals surface area contributed by atoms with Crippen LogP contribution in [0.4, 0.5) is 5.69 Å². The lowest BCUT2D eigenvalue weighted by Crippen LogP contribution is -2.12. The Balaban J connectivity index is 2.18. The number of nitrogens with two attached hydrogens (primary N) is 1. The molecule has 2 aromatic rings. The number of hydrogen-bond acceptors (Lipinski definition) is 3. The van der Waals surface area contributed by atoms with Crippen molar-refractivity contribution in [3.8, 4) is 11.6 Å². The molecule has 0 aliphatic heterocycles. The van der Waals surface area contributed by atoms with Gasteiger partial charge < -0.3 is 10.5 Å². The van der Waals surface area contributed by atoms with Gasteiger partial charge >= 0.3 is 0 Å². The highest BCUT2D eigenvalue weighted by molar-refractivity contribution is 6.28. The quantitative estimate of drug-likeness (QED) is 0.523. The normalized spacial score (nSPS) is 11.3. The van der Waals surface area contributed by atoms with Gasteiger partial charge in [0.05, 0.1) is 11.6 Å². The van der Waals surface area contributed by atoms with Crippen LogP contribution in [-0.4, -0.2) is 16.7 Å². The Morgan fingerprint density at radius 1 is 1.28 bits per heavy atom. The Morgan fingerprint density at radius 2 is 2.17 bits per heavy atom. The lowest BCUT2D eigenvalue weighted by molar-refractivity contribution is 0.463. The summed E-state index contributed by atoms with van der Waals surface area (Å²) in [7, 11) is 0. The van der Waals surface area contributed by atoms with E-state index < -0.39 is 0 Å². The molecule has 0 unspecified atom stereocenters. The molecular weight excluding hydrogens is 250 g/mol. The second-order valence-corrected chi connectivity index (χ2v) is 3.77. The van der Waals surface area contributed by atoms with E-state index in [1.165, 1.54) is 0 Å². The highest BCUT2D eigenvalue weighted by atomic mass is 35.5. The van der Waals surface area contributed by atoms with E-state index in [0.717, 1.165) is 0 Å². The number of rotatable bonds is 4. The van der Waals surface area contributed by atoms with Crippen LogP contribution in [0.5, 0.6) is 11.6 Å². The van der Waals surface area contributed by atoms with E-state index in [4.69, 9.17) is 22.1 Å². The highest BCUT2D eigenvalue weighted by Crippen LogP contribution is 2.23. The van der Waals surface area contributed by atoms with E-state index in [1.807, 2.05) is 30.3 Å². The van der Waals surface area contributed by atoms with Gasteiger partial charge in [0.2, 0.25) is 5.88 Å². The van der Waals surface area contributed by atoms with Crippen LogP contribution in [0.3, 0.4) is 0 Å². The number of hydrogen-bond donors (Lipinski definition) is 1. The predicted molar refractivity (Wildman–Crippen MR) is 72.8 cm³/mol. The van der Waals surface area contributed by atoms with Gasteiger partial charge in [-0.05, 0) is 18.2 Å². The summed E-state index contributed by atoms with van der Waals surface area (Å²) in [6.07, 6.45) is 1.67. The van der Waals surface area contributed by atoms with Crippen molar-refractivity contribution in [2.75, 3.05) is 5.88 Å². The molecule has 4 nitrogen and oxygen atoms in total. The fourth-order valence-electron chi connectivity index (χ4n) is 1.34. The summed E-state index contributed by atoms with van der Waals surface area (Å²) in [6, 6.07) is 12.7. The standard InChI is InChI=1S/C13H12ClN3O/c14-9-12(15)17-10-4-3-5-11(8-10)18-13-6-1-2-7-16-13/h1-8H,9H2,(H2,15,17). The monoisotopic (exact) mass is 261 g/mol. The van der Waals surface area contributed by atoms with Crippen LogP contribution < -0.4 is 10.5 Å². The number of aliphatic imine (C=N–C) groups is 1. The average Bonchev–Trinajstić information content (AvgIpc) is 2.40. The van der Waals surface area contributed by atoms with E-state index in [2.05, 4.69) is 9.98 Å². The maximum absolute atomic E-state index is 5.58. The molecule has 0 aliphatic carbocycles. The summed E-state index contributed by atoms with van der Waals surface area (Å²) < 4.78 is 5.58. The summed E-state index contributed by atoms with van der Waals surface area (Å²) in [5.74, 6) is 1.75. The number of alkyl halides is 1. The lowest BCUT2D eigenvalue weighted by atomic mass is 10.3. The van der Waals surface area contributed by atoms with Crippen molar-refractivity contribution < 1.29 is 4.74 Å². The third-order valence-corrected chi connectivity index (χ3v) is 2.36. The molecule has 0 bridgehead atoms. The van der Waals surface area contributed by atoms with Crippen molar-refractivity contribution in [1.82, 2.24) is 4.98 Å². The Labute approximate surface area is 110 Å². The first kappa shape index (κ1) is 12.4. The molecule has 5 heteroatoms. The molecule has 2 rings (SSSR count). The van der Waals surface area contributed by atoms with Crippen LogP contribution >= 0.6 is 11.6 Å². The van der Waals surface area contributed by atoms with Gasteiger partial charge in [0.15, 0.2) is 0 Å². The maximum Gasteiger partial charge on any atom is 0.219 e. The van der Waals surface area contributed by atoms with Crippen LogP contribution in [0.1, 0.15) is 0 Å². The summed E-state index contributed by atoms with van der Waals surface area (Å²) in [5.41, 5.74) is 6.27. The summed E-state index contributed by atoms with van der Waals surface area (Å²) in [6.45, 7) is 0. The summed E-state index contributed by atoms with van der Waals surface area (Å²) >= 11 is 5.57. The number of pyridine rings is 1. The van der Waals surface area contributed by atoms with Gasteiger partial charge in [0, 0.05) is 18.3 Å². The lowest BCUT2D eigenvalue weighted by Gasteiger charge is -2.04. The van der Waals surface area contributed by atoms with E-state index in [0.29, 0.717) is 23.2 Å². The van der Waals surface area contributed by atoms with Gasteiger partial charge in [0.25, 0.3) is 0 Å². The topological polar surface area (TPSA) is 60.5 Å². The first-order chi connectivity index (χ1) is 8.78. The molecule has 18 heavy (non-hydrogen) atoms. The molecule has 0 saturated heterocycles. The Kier molecular flexibility index (Phi) is 4.15. The largest absolute Gasteiger partial charge is 0.439 e. The van der Waals surface area contributed by atoms with Crippen molar-refractivity contribution in [1.29, 1.82) is 0 Å². The van der Waals surface area contributed by atoms with Gasteiger partial charge in [-0.15, -0.1) is 11.6 Å². The molecular formula is C13H12ClN3O.